The van der Waals surface area contributed by atoms with Crippen LogP contribution in [0.2, 0.25) is 0 Å². The SMILES string of the molecule is CSCCC(=O)N1CCc2ccc(N)cc2C1. The molecule has 0 aliphatic carbocycles. The van der Waals surface area contributed by atoms with Crippen molar-refractivity contribution in [3.8, 4) is 0 Å². The van der Waals surface area contributed by atoms with Crippen molar-refractivity contribution < 1.29 is 4.79 Å². The van der Waals surface area contributed by atoms with Crippen LogP contribution in [0.5, 0.6) is 0 Å². The molecule has 0 unspecified atom stereocenters. The summed E-state index contributed by atoms with van der Waals surface area (Å²) in [5.41, 5.74) is 9.09. The molecule has 1 aliphatic rings. The summed E-state index contributed by atoms with van der Waals surface area (Å²) >= 11 is 1.71. The van der Waals surface area contributed by atoms with Crippen molar-refractivity contribution >= 4 is 23.4 Å². The molecule has 2 N–H and O–H groups in total. The van der Waals surface area contributed by atoms with E-state index in [1.807, 2.05) is 23.3 Å². The lowest BCUT2D eigenvalue weighted by molar-refractivity contribution is -0.131. The van der Waals surface area contributed by atoms with Crippen LogP contribution in [0, 0.1) is 0 Å². The maximum Gasteiger partial charge on any atom is 0.223 e. The van der Waals surface area contributed by atoms with E-state index in [1.54, 1.807) is 11.8 Å². The number of hydrogen-bond donors (Lipinski definition) is 1. The molecule has 1 heterocycles. The van der Waals surface area contributed by atoms with Crippen molar-refractivity contribution in [2.75, 3.05) is 24.3 Å². The molecule has 2 rings (SSSR count). The molecule has 92 valence electrons. The van der Waals surface area contributed by atoms with E-state index in [-0.39, 0.29) is 5.91 Å². The van der Waals surface area contributed by atoms with E-state index in [9.17, 15) is 4.79 Å². The Balaban J connectivity index is 2.04. The number of thioether (sulfide) groups is 1. The van der Waals surface area contributed by atoms with Crippen LogP contribution >= 0.6 is 11.8 Å². The number of carbonyl (C=O) groups excluding carboxylic acids is 1. The van der Waals surface area contributed by atoms with Gasteiger partial charge in [0.15, 0.2) is 0 Å². The van der Waals surface area contributed by atoms with Crippen molar-refractivity contribution in [1.82, 2.24) is 4.90 Å². The first-order valence-electron chi connectivity index (χ1n) is 5.84. The monoisotopic (exact) mass is 250 g/mol. The van der Waals surface area contributed by atoms with Crippen LogP contribution < -0.4 is 5.73 Å². The predicted molar refractivity (Wildman–Crippen MR) is 73.0 cm³/mol. The Morgan fingerprint density at radius 1 is 1.47 bits per heavy atom. The first kappa shape index (κ1) is 12.3. The first-order chi connectivity index (χ1) is 8.20. The van der Waals surface area contributed by atoms with E-state index in [4.69, 9.17) is 5.73 Å². The number of nitrogens with two attached hydrogens (primary N) is 1. The maximum atomic E-state index is 11.9. The summed E-state index contributed by atoms with van der Waals surface area (Å²) < 4.78 is 0. The smallest absolute Gasteiger partial charge is 0.223 e. The fourth-order valence-electron chi connectivity index (χ4n) is 2.14. The van der Waals surface area contributed by atoms with Crippen molar-refractivity contribution in [2.24, 2.45) is 0 Å². The number of nitrogen functional groups attached to an aromatic ring is 1. The highest BCUT2D eigenvalue weighted by Gasteiger charge is 2.20. The third-order valence-electron chi connectivity index (χ3n) is 3.12. The summed E-state index contributed by atoms with van der Waals surface area (Å²) in [6.07, 6.45) is 3.61. The zero-order valence-electron chi connectivity index (χ0n) is 10.1. The molecule has 0 saturated carbocycles. The number of anilines is 1. The highest BCUT2D eigenvalue weighted by atomic mass is 32.2. The average molecular weight is 250 g/mol. The van der Waals surface area contributed by atoms with Gasteiger partial charge < -0.3 is 10.6 Å². The summed E-state index contributed by atoms with van der Waals surface area (Å²) in [5.74, 6) is 1.16. The second-order valence-corrected chi connectivity index (χ2v) is 5.32. The van der Waals surface area contributed by atoms with E-state index in [0.717, 1.165) is 24.4 Å². The summed E-state index contributed by atoms with van der Waals surface area (Å²) in [7, 11) is 0. The normalized spacial score (nSPS) is 14.5. The van der Waals surface area contributed by atoms with Gasteiger partial charge in [-0.3, -0.25) is 4.79 Å². The fraction of sp³-hybridized carbons (Fsp3) is 0.462. The third-order valence-corrected chi connectivity index (χ3v) is 3.73. The zero-order valence-corrected chi connectivity index (χ0v) is 10.9. The Morgan fingerprint density at radius 3 is 3.06 bits per heavy atom. The molecule has 1 aromatic rings. The Labute approximate surface area is 106 Å². The predicted octanol–water partition coefficient (Wildman–Crippen LogP) is 1.91. The van der Waals surface area contributed by atoms with Crippen molar-refractivity contribution in [3.05, 3.63) is 29.3 Å². The van der Waals surface area contributed by atoms with Crippen molar-refractivity contribution in [3.63, 3.8) is 0 Å². The van der Waals surface area contributed by atoms with Gasteiger partial charge in [0.25, 0.3) is 0 Å². The number of hydrogen-bond acceptors (Lipinski definition) is 3. The van der Waals surface area contributed by atoms with Gasteiger partial charge in [0, 0.05) is 31.0 Å². The summed E-state index contributed by atoms with van der Waals surface area (Å²) in [5, 5.41) is 0. The molecule has 0 fully saturated rings. The summed E-state index contributed by atoms with van der Waals surface area (Å²) in [6.45, 7) is 1.55. The fourth-order valence-corrected chi connectivity index (χ4v) is 2.52. The molecule has 1 aliphatic heterocycles. The summed E-state index contributed by atoms with van der Waals surface area (Å²) in [6, 6.07) is 6.00. The van der Waals surface area contributed by atoms with Crippen LogP contribution in [-0.2, 0) is 17.8 Å². The minimum atomic E-state index is 0.257. The molecular formula is C13H18N2OS. The number of amides is 1. The molecule has 4 heteroatoms. The van der Waals surface area contributed by atoms with Crippen LogP contribution in [0.4, 0.5) is 5.69 Å². The zero-order chi connectivity index (χ0) is 12.3. The van der Waals surface area contributed by atoms with Gasteiger partial charge in [0.2, 0.25) is 5.91 Å². The largest absolute Gasteiger partial charge is 0.399 e. The molecule has 0 bridgehead atoms. The minimum absolute atomic E-state index is 0.257. The molecule has 1 amide bonds. The quantitative estimate of drug-likeness (QED) is 0.834. The molecule has 3 nitrogen and oxygen atoms in total. The second-order valence-electron chi connectivity index (χ2n) is 4.34. The number of rotatable bonds is 3. The Morgan fingerprint density at radius 2 is 2.29 bits per heavy atom. The number of nitrogens with zero attached hydrogens (tertiary/aromatic N) is 1. The van der Waals surface area contributed by atoms with Gasteiger partial charge in [-0.05, 0) is 35.9 Å². The summed E-state index contributed by atoms with van der Waals surface area (Å²) in [4.78, 5) is 13.9. The van der Waals surface area contributed by atoms with E-state index in [0.29, 0.717) is 13.0 Å². The standard InChI is InChI=1S/C13H18N2OS/c1-17-7-5-13(16)15-6-4-10-2-3-12(14)8-11(10)9-15/h2-3,8H,4-7,9,14H2,1H3. The van der Waals surface area contributed by atoms with Crippen molar-refractivity contribution in [2.45, 2.75) is 19.4 Å². The van der Waals surface area contributed by atoms with Crippen LogP contribution in [-0.4, -0.2) is 29.4 Å². The Kier molecular flexibility index (Phi) is 3.94. The van der Waals surface area contributed by atoms with Crippen LogP contribution in [0.25, 0.3) is 0 Å². The second kappa shape index (κ2) is 5.45. The molecule has 0 saturated heterocycles. The van der Waals surface area contributed by atoms with Gasteiger partial charge >= 0.3 is 0 Å². The Bertz CT molecular complexity index is 420. The van der Waals surface area contributed by atoms with Gasteiger partial charge in [0.1, 0.15) is 0 Å². The van der Waals surface area contributed by atoms with Crippen LogP contribution in [0.3, 0.4) is 0 Å². The van der Waals surface area contributed by atoms with E-state index >= 15 is 0 Å². The van der Waals surface area contributed by atoms with Gasteiger partial charge in [-0.25, -0.2) is 0 Å². The highest BCUT2D eigenvalue weighted by Crippen LogP contribution is 2.21. The highest BCUT2D eigenvalue weighted by molar-refractivity contribution is 7.98. The molecule has 0 radical (unpaired) electrons. The molecule has 0 aromatic heterocycles. The molecule has 0 spiro atoms. The third kappa shape index (κ3) is 2.94. The van der Waals surface area contributed by atoms with Gasteiger partial charge in [-0.1, -0.05) is 6.07 Å². The average Bonchev–Trinajstić information content (AvgIpc) is 2.35. The minimum Gasteiger partial charge on any atom is -0.399 e. The lowest BCUT2D eigenvalue weighted by Crippen LogP contribution is -2.36. The number of fused-ring (bicyclic) bond motifs is 1. The topological polar surface area (TPSA) is 46.3 Å². The van der Waals surface area contributed by atoms with E-state index in [1.165, 1.54) is 11.1 Å². The van der Waals surface area contributed by atoms with Gasteiger partial charge in [0.05, 0.1) is 0 Å². The molecular weight excluding hydrogens is 232 g/mol. The van der Waals surface area contributed by atoms with E-state index in [2.05, 4.69) is 6.07 Å². The lowest BCUT2D eigenvalue weighted by Gasteiger charge is -2.29. The number of benzene rings is 1. The lowest BCUT2D eigenvalue weighted by atomic mass is 9.99. The van der Waals surface area contributed by atoms with Gasteiger partial charge in [-0.15, -0.1) is 0 Å². The van der Waals surface area contributed by atoms with E-state index < -0.39 is 0 Å². The van der Waals surface area contributed by atoms with Crippen molar-refractivity contribution in [1.29, 1.82) is 0 Å². The molecule has 1 aromatic carbocycles. The van der Waals surface area contributed by atoms with Crippen LogP contribution in [0.1, 0.15) is 17.5 Å². The van der Waals surface area contributed by atoms with Gasteiger partial charge in [-0.2, -0.15) is 11.8 Å². The molecule has 17 heavy (non-hydrogen) atoms. The first-order valence-corrected chi connectivity index (χ1v) is 7.24. The maximum absolute atomic E-state index is 11.9. The van der Waals surface area contributed by atoms with Crippen LogP contribution in [0.15, 0.2) is 18.2 Å². The Hall–Kier alpha value is -1.16. The number of carbonyl (C=O) groups is 1. The molecule has 0 atom stereocenters.